The van der Waals surface area contributed by atoms with E-state index in [2.05, 4.69) is 10.0 Å². The first-order valence-electron chi connectivity index (χ1n) is 11.7. The molecule has 1 rings (SSSR count). The Labute approximate surface area is 218 Å². The molecule has 35 heavy (non-hydrogen) atoms. The van der Waals surface area contributed by atoms with Crippen LogP contribution < -0.4 is 0 Å². The van der Waals surface area contributed by atoms with Crippen molar-refractivity contribution in [2.75, 3.05) is 26.4 Å². The Morgan fingerprint density at radius 1 is 1.26 bits per heavy atom. The van der Waals surface area contributed by atoms with Crippen LogP contribution >= 0.6 is 22.6 Å². The number of alkyl halides is 1. The molecule has 1 aliphatic rings. The van der Waals surface area contributed by atoms with E-state index in [1.165, 1.54) is 6.92 Å². The summed E-state index contributed by atoms with van der Waals surface area (Å²) in [6.07, 6.45) is -5.81. The number of carboxylic acids is 1. The highest BCUT2D eigenvalue weighted by molar-refractivity contribution is 14.1. The molecule has 0 amide bonds. The van der Waals surface area contributed by atoms with Crippen LogP contribution in [-0.4, -0.2) is 106 Å². The summed E-state index contributed by atoms with van der Waals surface area (Å²) < 4.78 is 27.7. The Hall–Kier alpha value is -0.810. The van der Waals surface area contributed by atoms with Gasteiger partial charge in [-0.3, -0.25) is 0 Å². The molecule has 1 saturated heterocycles. The van der Waals surface area contributed by atoms with E-state index in [1.807, 2.05) is 36.4 Å². The van der Waals surface area contributed by atoms with Crippen molar-refractivity contribution in [3.8, 4) is 0 Å². The first kappa shape index (κ1) is 32.2. The molecule has 204 valence electrons. The van der Waals surface area contributed by atoms with Crippen molar-refractivity contribution in [1.82, 2.24) is 0 Å². The summed E-state index contributed by atoms with van der Waals surface area (Å²) in [5, 5.41) is 44.0. The van der Waals surface area contributed by atoms with Gasteiger partial charge in [0.15, 0.2) is 18.7 Å². The van der Waals surface area contributed by atoms with Crippen molar-refractivity contribution in [3.63, 3.8) is 0 Å². The highest BCUT2D eigenvalue weighted by Crippen LogP contribution is 2.29. The van der Waals surface area contributed by atoms with Crippen molar-refractivity contribution in [2.45, 2.75) is 99.5 Å². The number of azide groups is 1. The second-order valence-corrected chi connectivity index (χ2v) is 9.75. The molecular formula is C21H38IN3O10. The minimum absolute atomic E-state index is 0.00289. The number of carbonyl (C=O) groups is 1. The zero-order chi connectivity index (χ0) is 26.4. The summed E-state index contributed by atoms with van der Waals surface area (Å²) in [5.41, 5.74) is 8.99. The van der Waals surface area contributed by atoms with E-state index in [0.29, 0.717) is 13.0 Å². The third-order valence-electron chi connectivity index (χ3n) is 5.40. The van der Waals surface area contributed by atoms with Gasteiger partial charge in [0.25, 0.3) is 0 Å². The lowest BCUT2D eigenvalue weighted by molar-refractivity contribution is -0.249. The molecule has 0 aromatic rings. The Bertz CT molecular complexity index is 657. The summed E-state index contributed by atoms with van der Waals surface area (Å²) in [5.74, 6) is -1.46. The van der Waals surface area contributed by atoms with Crippen LogP contribution in [0.25, 0.3) is 10.4 Å². The molecule has 4 unspecified atom stereocenters. The van der Waals surface area contributed by atoms with Gasteiger partial charge in [-0.15, -0.1) is 0 Å². The first-order chi connectivity index (χ1) is 16.7. The summed E-state index contributed by atoms with van der Waals surface area (Å²) in [6.45, 7) is 5.36. The Balaban J connectivity index is 3.08. The van der Waals surface area contributed by atoms with Crippen LogP contribution in [0, 0.1) is 0 Å². The molecule has 1 fully saturated rings. The van der Waals surface area contributed by atoms with Gasteiger partial charge in [0.1, 0.15) is 18.2 Å². The maximum absolute atomic E-state index is 11.8. The number of aliphatic carboxylic acids is 1. The van der Waals surface area contributed by atoms with Crippen molar-refractivity contribution in [1.29, 1.82) is 0 Å². The highest BCUT2D eigenvalue weighted by atomic mass is 127. The lowest BCUT2D eigenvalue weighted by atomic mass is 10.0. The number of hydrogen-bond acceptors (Lipinski definition) is 10. The number of nitrogens with zero attached hydrogens (tertiary/aromatic N) is 3. The SMILES string of the molecule is CCCCOC1C(N=[N+]=[N-])[C@@H](O)OC[C@H](I)[C@H]1OC(CO)OC(C(=O)O)[C@H](O)[C@H](C)OCCCC. The molecule has 1 heterocycles. The van der Waals surface area contributed by atoms with E-state index in [-0.39, 0.29) is 13.2 Å². The minimum Gasteiger partial charge on any atom is -0.479 e. The number of ether oxygens (including phenoxy) is 5. The lowest BCUT2D eigenvalue weighted by Gasteiger charge is -2.35. The van der Waals surface area contributed by atoms with Gasteiger partial charge in [-0.05, 0) is 25.3 Å². The van der Waals surface area contributed by atoms with Crippen molar-refractivity contribution < 1.29 is 48.9 Å². The number of unbranched alkanes of at least 4 members (excludes halogenated alkanes) is 2. The average molecular weight is 619 g/mol. The van der Waals surface area contributed by atoms with Gasteiger partial charge in [0.2, 0.25) is 0 Å². The Kier molecular flexibility index (Phi) is 16.2. The van der Waals surface area contributed by atoms with Crippen LogP contribution in [-0.2, 0) is 28.5 Å². The van der Waals surface area contributed by atoms with Crippen LogP contribution in [0.4, 0.5) is 0 Å². The van der Waals surface area contributed by atoms with E-state index in [1.54, 1.807) is 0 Å². The molecule has 0 spiro atoms. The zero-order valence-electron chi connectivity index (χ0n) is 20.3. The standard InChI is InChI=1S/C21H38IN3O10/c1-4-6-8-31-12(3)16(27)19(20(28)29)35-14(10-26)34-17-13(22)11-33-21(30)15(24-25-23)18(17)32-9-7-5-2/h12-19,21,26-27,30H,4-11H2,1-3H3,(H,28,29)/t12-,13-,14?,15?,16+,17+,18?,19?,21-/m0/s1. The fourth-order valence-corrected chi connectivity index (χ4v) is 4.13. The van der Waals surface area contributed by atoms with Crippen LogP contribution in [0.15, 0.2) is 5.11 Å². The van der Waals surface area contributed by atoms with Crippen molar-refractivity contribution >= 4 is 28.6 Å². The van der Waals surface area contributed by atoms with Gasteiger partial charge in [-0.25, -0.2) is 4.79 Å². The molecule has 0 bridgehead atoms. The molecule has 0 aliphatic carbocycles. The number of rotatable bonds is 17. The predicted molar refractivity (Wildman–Crippen MR) is 132 cm³/mol. The molecule has 14 heteroatoms. The highest BCUT2D eigenvalue weighted by Gasteiger charge is 2.44. The number of halogens is 1. The quantitative estimate of drug-likeness (QED) is 0.0355. The van der Waals surface area contributed by atoms with E-state index in [4.69, 9.17) is 29.2 Å². The van der Waals surface area contributed by atoms with Gasteiger partial charge in [-0.1, -0.05) is 54.4 Å². The molecule has 0 aromatic heterocycles. The zero-order valence-corrected chi connectivity index (χ0v) is 22.5. The van der Waals surface area contributed by atoms with Crippen molar-refractivity contribution in [2.24, 2.45) is 5.11 Å². The van der Waals surface area contributed by atoms with Crippen LogP contribution in [0.1, 0.15) is 46.5 Å². The molecule has 0 saturated carbocycles. The summed E-state index contributed by atoms with van der Waals surface area (Å²) >= 11 is 2.01. The first-order valence-corrected chi connectivity index (χ1v) is 13.0. The largest absolute Gasteiger partial charge is 0.479 e. The lowest BCUT2D eigenvalue weighted by Crippen LogP contribution is -2.51. The Morgan fingerprint density at radius 3 is 2.49 bits per heavy atom. The second kappa shape index (κ2) is 17.6. The van der Waals surface area contributed by atoms with E-state index in [9.17, 15) is 25.2 Å². The fourth-order valence-electron chi connectivity index (χ4n) is 3.35. The van der Waals surface area contributed by atoms with E-state index in [0.717, 1.165) is 19.3 Å². The minimum atomic E-state index is -1.75. The van der Waals surface area contributed by atoms with Gasteiger partial charge in [0.05, 0.1) is 29.3 Å². The molecule has 13 nitrogen and oxygen atoms in total. The predicted octanol–water partition coefficient (Wildman–Crippen LogP) is 1.74. The normalized spacial score (nSPS) is 28.4. The summed E-state index contributed by atoms with van der Waals surface area (Å²) in [4.78, 5) is 14.6. The third-order valence-corrected chi connectivity index (χ3v) is 6.47. The molecular weight excluding hydrogens is 581 g/mol. The van der Waals surface area contributed by atoms with Gasteiger partial charge < -0.3 is 44.1 Å². The Morgan fingerprint density at radius 2 is 1.91 bits per heavy atom. The van der Waals surface area contributed by atoms with Gasteiger partial charge in [0, 0.05) is 18.1 Å². The van der Waals surface area contributed by atoms with Crippen LogP contribution in [0.3, 0.4) is 0 Å². The number of hydrogen-bond donors (Lipinski definition) is 4. The van der Waals surface area contributed by atoms with Crippen LogP contribution in [0.5, 0.6) is 0 Å². The topological polar surface area (TPSA) is 193 Å². The maximum atomic E-state index is 11.8. The smallest absolute Gasteiger partial charge is 0.335 e. The monoisotopic (exact) mass is 619 g/mol. The summed E-state index contributed by atoms with van der Waals surface area (Å²) in [7, 11) is 0. The molecule has 1 aliphatic heterocycles. The van der Waals surface area contributed by atoms with Gasteiger partial charge in [-0.2, -0.15) is 0 Å². The third kappa shape index (κ3) is 10.6. The number of aliphatic hydroxyl groups is 3. The van der Waals surface area contributed by atoms with E-state index >= 15 is 0 Å². The molecule has 0 radical (unpaired) electrons. The maximum Gasteiger partial charge on any atom is 0.335 e. The molecule has 9 atom stereocenters. The van der Waals surface area contributed by atoms with Crippen molar-refractivity contribution in [3.05, 3.63) is 10.4 Å². The fraction of sp³-hybridized carbons (Fsp3) is 0.952. The van der Waals surface area contributed by atoms with Gasteiger partial charge >= 0.3 is 5.97 Å². The number of aliphatic hydroxyl groups excluding tert-OH is 3. The van der Waals surface area contributed by atoms with E-state index < -0.39 is 65.6 Å². The van der Waals surface area contributed by atoms with Crippen LogP contribution in [0.2, 0.25) is 0 Å². The average Bonchev–Trinajstić information content (AvgIpc) is 2.93. The second-order valence-electron chi connectivity index (χ2n) is 8.15. The molecule has 4 N–H and O–H groups in total. The molecule has 0 aromatic carbocycles. The number of carboxylic acid groups (broad SMARTS) is 1. The summed E-state index contributed by atoms with van der Waals surface area (Å²) in [6, 6.07) is -1.16.